The maximum Gasteiger partial charge on any atom is 0.244 e. The van der Waals surface area contributed by atoms with E-state index in [4.69, 9.17) is 0 Å². The van der Waals surface area contributed by atoms with E-state index in [2.05, 4.69) is 15.1 Å². The zero-order chi connectivity index (χ0) is 16.2. The molecule has 0 unspecified atom stereocenters. The second-order valence-corrected chi connectivity index (χ2v) is 7.87. The van der Waals surface area contributed by atoms with Gasteiger partial charge < -0.3 is 5.32 Å². The Balaban J connectivity index is 1.85. The molecule has 0 saturated heterocycles. The third kappa shape index (κ3) is 4.30. The molecule has 126 valence electrons. The van der Waals surface area contributed by atoms with Gasteiger partial charge in [0, 0.05) is 26.2 Å². The highest BCUT2D eigenvalue weighted by atomic mass is 32.2. The molecule has 7 heteroatoms. The summed E-state index contributed by atoms with van der Waals surface area (Å²) in [5.41, 5.74) is 1.21. The third-order valence-electron chi connectivity index (χ3n) is 4.42. The first-order valence-corrected chi connectivity index (χ1v) is 9.63. The Morgan fingerprint density at radius 2 is 1.77 bits per heavy atom. The highest BCUT2D eigenvalue weighted by Crippen LogP contribution is 2.18. The highest BCUT2D eigenvalue weighted by molar-refractivity contribution is 7.89. The lowest BCUT2D eigenvalue weighted by Gasteiger charge is -2.16. The minimum Gasteiger partial charge on any atom is -0.313 e. The Hall–Kier alpha value is -0.920. The Bertz CT molecular complexity index is 587. The normalized spacial score (nSPS) is 17.6. The number of sulfonamides is 1. The van der Waals surface area contributed by atoms with E-state index in [-0.39, 0.29) is 0 Å². The summed E-state index contributed by atoms with van der Waals surface area (Å²) in [5.74, 6) is 0. The first kappa shape index (κ1) is 17.4. The molecule has 0 atom stereocenters. The lowest BCUT2D eigenvalue weighted by atomic mass is 10.1. The maximum atomic E-state index is 12.4. The number of nitrogens with one attached hydrogen (secondary N) is 2. The van der Waals surface area contributed by atoms with Gasteiger partial charge in [-0.1, -0.05) is 25.7 Å². The molecule has 22 heavy (non-hydrogen) atoms. The van der Waals surface area contributed by atoms with E-state index in [1.807, 2.05) is 0 Å². The van der Waals surface area contributed by atoms with Crippen molar-refractivity contribution in [1.82, 2.24) is 19.8 Å². The summed E-state index contributed by atoms with van der Waals surface area (Å²) in [6.45, 7) is 4.58. The summed E-state index contributed by atoms with van der Waals surface area (Å²) < 4.78 is 29.1. The van der Waals surface area contributed by atoms with Crippen LogP contribution in [0.1, 0.15) is 49.9 Å². The second-order valence-electron chi connectivity index (χ2n) is 6.16. The zero-order valence-corrected chi connectivity index (χ0v) is 14.7. The number of nitrogens with zero attached hydrogens (tertiary/aromatic N) is 2. The average molecular weight is 328 g/mol. The van der Waals surface area contributed by atoms with Crippen molar-refractivity contribution in [2.24, 2.45) is 7.05 Å². The van der Waals surface area contributed by atoms with Gasteiger partial charge in [-0.05, 0) is 26.7 Å². The number of rotatable bonds is 6. The molecule has 1 saturated carbocycles. The average Bonchev–Trinajstić information content (AvgIpc) is 2.65. The first-order valence-electron chi connectivity index (χ1n) is 8.15. The molecule has 1 heterocycles. The van der Waals surface area contributed by atoms with Gasteiger partial charge in [0.05, 0.1) is 11.4 Å². The fourth-order valence-electron chi connectivity index (χ4n) is 3.16. The van der Waals surface area contributed by atoms with Gasteiger partial charge in [-0.25, -0.2) is 13.1 Å². The van der Waals surface area contributed by atoms with Gasteiger partial charge in [-0.15, -0.1) is 0 Å². The van der Waals surface area contributed by atoms with Crippen LogP contribution in [-0.4, -0.2) is 37.3 Å². The van der Waals surface area contributed by atoms with E-state index in [0.29, 0.717) is 35.4 Å². The van der Waals surface area contributed by atoms with Crippen LogP contribution in [0.4, 0.5) is 0 Å². The van der Waals surface area contributed by atoms with Crippen molar-refractivity contribution in [1.29, 1.82) is 0 Å². The van der Waals surface area contributed by atoms with Crippen molar-refractivity contribution in [2.45, 2.75) is 63.3 Å². The summed E-state index contributed by atoms with van der Waals surface area (Å²) >= 11 is 0. The number of hydrogen-bond acceptors (Lipinski definition) is 4. The summed E-state index contributed by atoms with van der Waals surface area (Å²) in [6.07, 6.45) is 7.60. The van der Waals surface area contributed by atoms with Crippen LogP contribution in [0.2, 0.25) is 0 Å². The van der Waals surface area contributed by atoms with Gasteiger partial charge in [-0.3, -0.25) is 4.68 Å². The van der Waals surface area contributed by atoms with Crippen molar-refractivity contribution in [3.8, 4) is 0 Å². The molecule has 1 aliphatic carbocycles. The fraction of sp³-hybridized carbons (Fsp3) is 0.800. The van der Waals surface area contributed by atoms with E-state index in [9.17, 15) is 8.42 Å². The van der Waals surface area contributed by atoms with Crippen molar-refractivity contribution in [2.75, 3.05) is 13.1 Å². The Morgan fingerprint density at radius 3 is 2.32 bits per heavy atom. The van der Waals surface area contributed by atoms with Gasteiger partial charge in [0.15, 0.2) is 0 Å². The number of hydrogen-bond donors (Lipinski definition) is 2. The number of aromatic nitrogens is 2. The van der Waals surface area contributed by atoms with Crippen molar-refractivity contribution in [3.63, 3.8) is 0 Å². The standard InChI is InChI=1S/C15H28N4O2S/c1-12-15(13(2)19(3)18-12)22(20,21)17-11-10-16-14-8-6-4-5-7-9-14/h14,16-17H,4-11H2,1-3H3. The zero-order valence-electron chi connectivity index (χ0n) is 13.9. The van der Waals surface area contributed by atoms with Gasteiger partial charge >= 0.3 is 0 Å². The minimum atomic E-state index is -3.48. The molecule has 1 aliphatic rings. The van der Waals surface area contributed by atoms with Crippen LogP contribution in [0.15, 0.2) is 4.90 Å². The molecule has 0 aliphatic heterocycles. The van der Waals surface area contributed by atoms with Crippen molar-refractivity contribution < 1.29 is 8.42 Å². The van der Waals surface area contributed by atoms with Crippen molar-refractivity contribution in [3.05, 3.63) is 11.4 Å². The molecule has 0 radical (unpaired) electrons. The van der Waals surface area contributed by atoms with Crippen molar-refractivity contribution >= 4 is 10.0 Å². The molecule has 1 fully saturated rings. The molecular weight excluding hydrogens is 300 g/mol. The molecule has 1 aromatic heterocycles. The minimum absolute atomic E-state index is 0.310. The molecule has 0 bridgehead atoms. The Morgan fingerprint density at radius 1 is 1.14 bits per heavy atom. The largest absolute Gasteiger partial charge is 0.313 e. The molecule has 0 amide bonds. The van der Waals surface area contributed by atoms with E-state index in [0.717, 1.165) is 0 Å². The number of aryl methyl sites for hydroxylation is 2. The van der Waals surface area contributed by atoms with Gasteiger partial charge in [0.25, 0.3) is 0 Å². The highest BCUT2D eigenvalue weighted by Gasteiger charge is 2.23. The molecular formula is C15H28N4O2S. The predicted octanol–water partition coefficient (Wildman–Crippen LogP) is 1.63. The van der Waals surface area contributed by atoms with Crippen LogP contribution in [-0.2, 0) is 17.1 Å². The molecule has 1 aromatic rings. The lowest BCUT2D eigenvalue weighted by molar-refractivity contribution is 0.461. The van der Waals surface area contributed by atoms with Gasteiger partial charge in [0.1, 0.15) is 4.90 Å². The van der Waals surface area contributed by atoms with Crippen LogP contribution in [0.5, 0.6) is 0 Å². The first-order chi connectivity index (χ1) is 10.4. The smallest absolute Gasteiger partial charge is 0.244 e. The third-order valence-corrected chi connectivity index (χ3v) is 6.13. The van der Waals surface area contributed by atoms with Gasteiger partial charge in [-0.2, -0.15) is 5.10 Å². The van der Waals surface area contributed by atoms with E-state index >= 15 is 0 Å². The lowest BCUT2D eigenvalue weighted by Crippen LogP contribution is -2.37. The van der Waals surface area contributed by atoms with Crippen LogP contribution in [0, 0.1) is 13.8 Å². The Labute approximate surface area is 133 Å². The summed E-state index contributed by atoms with van der Waals surface area (Å²) in [5, 5.41) is 7.64. The Kier molecular flexibility index (Phi) is 6.00. The predicted molar refractivity (Wildman–Crippen MR) is 87.4 cm³/mol. The molecule has 6 nitrogen and oxygen atoms in total. The van der Waals surface area contributed by atoms with Crippen LogP contribution in [0.25, 0.3) is 0 Å². The summed E-state index contributed by atoms with van der Waals surface area (Å²) in [4.78, 5) is 0.310. The molecule has 2 rings (SSSR count). The summed E-state index contributed by atoms with van der Waals surface area (Å²) in [6, 6.07) is 0.536. The van der Waals surface area contributed by atoms with E-state index < -0.39 is 10.0 Å². The van der Waals surface area contributed by atoms with E-state index in [1.54, 1.807) is 25.6 Å². The summed E-state index contributed by atoms with van der Waals surface area (Å²) in [7, 11) is -1.73. The van der Waals surface area contributed by atoms with Crippen LogP contribution >= 0.6 is 0 Å². The second kappa shape index (κ2) is 7.57. The molecule has 0 spiro atoms. The maximum absolute atomic E-state index is 12.4. The molecule has 2 N–H and O–H groups in total. The van der Waals surface area contributed by atoms with Crippen LogP contribution in [0.3, 0.4) is 0 Å². The van der Waals surface area contributed by atoms with E-state index in [1.165, 1.54) is 38.5 Å². The van der Waals surface area contributed by atoms with Crippen LogP contribution < -0.4 is 10.0 Å². The topological polar surface area (TPSA) is 76.0 Å². The molecule has 0 aromatic carbocycles. The fourth-order valence-corrected chi connectivity index (χ4v) is 4.63. The van der Waals surface area contributed by atoms with Gasteiger partial charge in [0.2, 0.25) is 10.0 Å². The SMILES string of the molecule is Cc1nn(C)c(C)c1S(=O)(=O)NCCNC1CCCCCC1. The monoisotopic (exact) mass is 328 g/mol. The quantitative estimate of drug-likeness (QED) is 0.615.